The summed E-state index contributed by atoms with van der Waals surface area (Å²) in [5.41, 5.74) is 1.52. The lowest BCUT2D eigenvalue weighted by Gasteiger charge is -2.61. The fraction of sp³-hybridized carbons (Fsp3) is 0.300. The molecule has 3 heterocycles. The third kappa shape index (κ3) is 2.27. The molecule has 1 saturated heterocycles. The van der Waals surface area contributed by atoms with Crippen molar-refractivity contribution in [3.05, 3.63) is 83.6 Å². The maximum Gasteiger partial charge on any atom is 0.184 e. The highest BCUT2D eigenvalue weighted by molar-refractivity contribution is 5.98. The lowest BCUT2D eigenvalue weighted by molar-refractivity contribution is -0.797. The first-order chi connectivity index (χ1) is 11.1. The third-order valence-electron chi connectivity index (χ3n) is 5.42. The van der Waals surface area contributed by atoms with Crippen molar-refractivity contribution in [2.75, 3.05) is 13.1 Å². The molecule has 3 heteroatoms. The average molecular weight is 302 g/mol. The van der Waals surface area contributed by atoms with Gasteiger partial charge in [0.15, 0.2) is 5.60 Å². The topological polar surface area (TPSA) is 20.2 Å². The molecule has 0 saturated carbocycles. The van der Waals surface area contributed by atoms with Crippen LogP contribution in [0.4, 0.5) is 0 Å². The first-order valence-electron chi connectivity index (χ1n) is 8.35. The van der Waals surface area contributed by atoms with Crippen molar-refractivity contribution in [3.8, 4) is 0 Å². The molecule has 0 unspecified atom stereocenters. The summed E-state index contributed by atoms with van der Waals surface area (Å²) in [4.78, 5) is 0. The molecule has 1 fully saturated rings. The fourth-order valence-corrected chi connectivity index (χ4v) is 4.09. The van der Waals surface area contributed by atoms with Gasteiger partial charge in [-0.1, -0.05) is 60.7 Å². The van der Waals surface area contributed by atoms with Crippen LogP contribution in [0.1, 0.15) is 24.0 Å². The van der Waals surface area contributed by atoms with Gasteiger partial charge in [0.2, 0.25) is 0 Å². The molecule has 0 amide bonds. The van der Waals surface area contributed by atoms with E-state index in [-0.39, 0.29) is 0 Å². The summed E-state index contributed by atoms with van der Waals surface area (Å²) >= 11 is 0. The predicted molar refractivity (Wildman–Crippen MR) is 92.4 cm³/mol. The second-order valence-corrected chi connectivity index (χ2v) is 6.81. The van der Waals surface area contributed by atoms with Gasteiger partial charge in [-0.15, -0.1) is 0 Å². The number of fused-ring (bicyclic) bond motifs is 2. The zero-order chi connectivity index (χ0) is 15.9. The molecule has 23 heavy (non-hydrogen) atoms. The molecular formula is C20H21BNO. The summed E-state index contributed by atoms with van der Waals surface area (Å²) in [5, 5.41) is 11.9. The number of piperidine rings is 1. The molecule has 2 bridgehead atoms. The number of allylic oxidation sites excluding steroid dienone is 1. The molecule has 3 aliphatic heterocycles. The largest absolute Gasteiger partial charge is 0.556 e. The first-order valence-corrected chi connectivity index (χ1v) is 8.35. The molecule has 3 aliphatic rings. The molecule has 115 valence electrons. The van der Waals surface area contributed by atoms with Crippen LogP contribution in [0.25, 0.3) is 0 Å². The van der Waals surface area contributed by atoms with E-state index in [1.807, 2.05) is 60.7 Å². The van der Waals surface area contributed by atoms with Gasteiger partial charge in [-0.25, -0.2) is 7.98 Å². The van der Waals surface area contributed by atoms with Gasteiger partial charge < -0.3 is 9.50 Å². The summed E-state index contributed by atoms with van der Waals surface area (Å²) in [7, 11) is 6.71. The van der Waals surface area contributed by atoms with Gasteiger partial charge in [0.05, 0.1) is 5.70 Å². The van der Waals surface area contributed by atoms with E-state index in [2.05, 4.69) is 6.08 Å². The molecule has 2 aromatic rings. The van der Waals surface area contributed by atoms with Crippen molar-refractivity contribution in [3.63, 3.8) is 0 Å². The average Bonchev–Trinajstić information content (AvgIpc) is 2.63. The number of hydrogen-bond acceptors (Lipinski definition) is 1. The van der Waals surface area contributed by atoms with Crippen molar-refractivity contribution in [2.24, 2.45) is 5.92 Å². The Balaban J connectivity index is 1.94. The van der Waals surface area contributed by atoms with Crippen LogP contribution in [-0.2, 0) is 5.60 Å². The van der Waals surface area contributed by atoms with Crippen LogP contribution in [0.15, 0.2) is 72.4 Å². The van der Waals surface area contributed by atoms with Crippen molar-refractivity contribution in [2.45, 2.75) is 18.4 Å². The summed E-state index contributed by atoms with van der Waals surface area (Å²) in [5.74, 6) is 0.535. The summed E-state index contributed by atoms with van der Waals surface area (Å²) in [6, 6.07) is 19.8. The Kier molecular flexibility index (Phi) is 3.44. The highest BCUT2D eigenvalue weighted by Gasteiger charge is 2.46. The van der Waals surface area contributed by atoms with E-state index in [0.717, 1.165) is 42.8 Å². The van der Waals surface area contributed by atoms with Crippen molar-refractivity contribution < 1.29 is 9.50 Å². The molecule has 3 radical (unpaired) electrons. The van der Waals surface area contributed by atoms with E-state index in [1.165, 1.54) is 0 Å². The maximum absolute atomic E-state index is 11.9. The Hall–Kier alpha value is -1.84. The highest BCUT2D eigenvalue weighted by Crippen LogP contribution is 2.46. The van der Waals surface area contributed by atoms with Crippen LogP contribution >= 0.6 is 0 Å². The van der Waals surface area contributed by atoms with Gasteiger partial charge in [-0.05, 0) is 36.0 Å². The molecular weight excluding hydrogens is 281 g/mol. The molecule has 0 aromatic heterocycles. The smallest absolute Gasteiger partial charge is 0.184 e. The maximum atomic E-state index is 11.9. The minimum Gasteiger partial charge on any atom is -0.556 e. The van der Waals surface area contributed by atoms with Gasteiger partial charge >= 0.3 is 0 Å². The molecule has 2 nitrogen and oxygen atoms in total. The van der Waals surface area contributed by atoms with E-state index in [9.17, 15) is 5.11 Å². The zero-order valence-corrected chi connectivity index (χ0v) is 13.2. The SMILES string of the molecule is [B-][N+]12CCC(C=C1C(O)(c1ccccc1)c1ccccc1)CC2. The number of quaternary nitrogens is 1. The molecule has 0 aliphatic carbocycles. The van der Waals surface area contributed by atoms with Crippen LogP contribution in [0, 0.1) is 5.92 Å². The van der Waals surface area contributed by atoms with Crippen LogP contribution in [0.2, 0.25) is 0 Å². The second-order valence-electron chi connectivity index (χ2n) is 6.81. The summed E-state index contributed by atoms with van der Waals surface area (Å²) in [6.45, 7) is 1.80. The number of rotatable bonds is 3. The summed E-state index contributed by atoms with van der Waals surface area (Å²) < 4.78 is 0.358. The first kappa shape index (κ1) is 14.7. The number of hydrogen-bond donors (Lipinski definition) is 1. The Morgan fingerprint density at radius 2 is 1.35 bits per heavy atom. The molecule has 0 spiro atoms. The standard InChI is InChI=1S/C20H21BNO/c21-22-13-11-16(12-14-22)15-19(22)20(23,17-7-3-1-4-8-17)18-9-5-2-6-10-18/h1-10,15-16,23H,11-14H2. The van der Waals surface area contributed by atoms with E-state index in [0.29, 0.717) is 10.3 Å². The minimum absolute atomic E-state index is 0.358. The van der Waals surface area contributed by atoms with E-state index >= 15 is 0 Å². The van der Waals surface area contributed by atoms with Crippen molar-refractivity contribution in [1.82, 2.24) is 0 Å². The van der Waals surface area contributed by atoms with Crippen LogP contribution < -0.4 is 0 Å². The zero-order valence-electron chi connectivity index (χ0n) is 13.2. The Labute approximate surface area is 139 Å². The van der Waals surface area contributed by atoms with Crippen molar-refractivity contribution in [1.29, 1.82) is 0 Å². The van der Waals surface area contributed by atoms with Crippen LogP contribution in [-0.4, -0.2) is 30.6 Å². The number of benzene rings is 2. The Morgan fingerprint density at radius 1 is 0.870 bits per heavy atom. The van der Waals surface area contributed by atoms with E-state index in [1.54, 1.807) is 0 Å². The Bertz CT molecular complexity index is 678. The lowest BCUT2D eigenvalue weighted by Crippen LogP contribution is -2.58. The fourth-order valence-electron chi connectivity index (χ4n) is 4.09. The molecule has 1 N–H and O–H groups in total. The molecule has 0 atom stereocenters. The van der Waals surface area contributed by atoms with E-state index < -0.39 is 5.60 Å². The number of nitrogens with zero attached hydrogens (tertiary/aromatic N) is 1. The lowest BCUT2D eigenvalue weighted by atomic mass is 9.74. The quantitative estimate of drug-likeness (QED) is 0.864. The van der Waals surface area contributed by atoms with Gasteiger partial charge in [0.1, 0.15) is 0 Å². The molecule has 2 aromatic carbocycles. The van der Waals surface area contributed by atoms with Gasteiger partial charge in [0, 0.05) is 13.1 Å². The van der Waals surface area contributed by atoms with Crippen molar-refractivity contribution >= 4 is 7.98 Å². The second kappa shape index (κ2) is 5.36. The van der Waals surface area contributed by atoms with Crippen LogP contribution in [0.5, 0.6) is 0 Å². The Morgan fingerprint density at radius 3 is 1.78 bits per heavy atom. The van der Waals surface area contributed by atoms with Gasteiger partial charge in [-0.2, -0.15) is 0 Å². The highest BCUT2D eigenvalue weighted by atomic mass is 16.3. The van der Waals surface area contributed by atoms with Crippen LogP contribution in [0.3, 0.4) is 0 Å². The predicted octanol–water partition coefficient (Wildman–Crippen LogP) is 3.13. The van der Waals surface area contributed by atoms with Gasteiger partial charge in [0.25, 0.3) is 0 Å². The normalized spacial score (nSPS) is 26.9. The molecule has 5 rings (SSSR count). The number of aliphatic hydroxyl groups is 1. The monoisotopic (exact) mass is 302 g/mol. The van der Waals surface area contributed by atoms with Gasteiger partial charge in [-0.3, -0.25) is 0 Å². The minimum atomic E-state index is -1.17. The summed E-state index contributed by atoms with van der Waals surface area (Å²) in [6.07, 6.45) is 4.45. The van der Waals surface area contributed by atoms with E-state index in [4.69, 9.17) is 7.98 Å². The third-order valence-corrected chi connectivity index (χ3v) is 5.42.